The summed E-state index contributed by atoms with van der Waals surface area (Å²) in [7, 11) is 0. The van der Waals surface area contributed by atoms with E-state index in [0.717, 1.165) is 24.0 Å². The summed E-state index contributed by atoms with van der Waals surface area (Å²) in [6, 6.07) is 15.1. The number of hydrogen-bond donors (Lipinski definition) is 2. The highest BCUT2D eigenvalue weighted by Crippen LogP contribution is 2.22. The van der Waals surface area contributed by atoms with Crippen molar-refractivity contribution in [3.05, 3.63) is 65.5 Å². The molecule has 148 valence electrons. The Labute approximate surface area is 168 Å². The molecule has 1 fully saturated rings. The minimum Gasteiger partial charge on any atom is -0.349 e. The molecule has 29 heavy (non-hydrogen) atoms. The number of amides is 2. The number of anilines is 1. The van der Waals surface area contributed by atoms with Crippen LogP contribution in [0.25, 0.3) is 11.4 Å². The van der Waals surface area contributed by atoms with Crippen LogP contribution in [0.1, 0.15) is 41.1 Å². The number of nitrogens with zero attached hydrogens (tertiary/aromatic N) is 2. The molecule has 2 aromatic carbocycles. The van der Waals surface area contributed by atoms with Crippen molar-refractivity contribution in [1.29, 1.82) is 0 Å². The van der Waals surface area contributed by atoms with Gasteiger partial charge < -0.3 is 15.2 Å². The number of benzene rings is 2. The zero-order valence-corrected chi connectivity index (χ0v) is 16.1. The number of carbonyl (C=O) groups is 2. The topological polar surface area (TPSA) is 97.1 Å². The second-order valence-electron chi connectivity index (χ2n) is 7.20. The number of nitrogens with one attached hydrogen (secondary N) is 2. The Morgan fingerprint density at radius 2 is 1.93 bits per heavy atom. The van der Waals surface area contributed by atoms with Crippen molar-refractivity contribution in [1.82, 2.24) is 15.5 Å². The first-order chi connectivity index (χ1) is 14.1. The number of aryl methyl sites for hydroxylation is 2. The Morgan fingerprint density at radius 3 is 2.69 bits per heavy atom. The van der Waals surface area contributed by atoms with Gasteiger partial charge in [0.2, 0.25) is 17.6 Å². The van der Waals surface area contributed by atoms with E-state index in [2.05, 4.69) is 20.8 Å². The summed E-state index contributed by atoms with van der Waals surface area (Å²) in [5, 5.41) is 9.79. The van der Waals surface area contributed by atoms with E-state index < -0.39 is 0 Å². The summed E-state index contributed by atoms with van der Waals surface area (Å²) in [5.41, 5.74) is 2.94. The molecule has 0 saturated heterocycles. The van der Waals surface area contributed by atoms with Gasteiger partial charge in [0.1, 0.15) is 0 Å². The van der Waals surface area contributed by atoms with E-state index in [0.29, 0.717) is 29.4 Å². The van der Waals surface area contributed by atoms with Crippen LogP contribution in [0.2, 0.25) is 0 Å². The third kappa shape index (κ3) is 4.87. The molecule has 7 heteroatoms. The molecule has 4 rings (SSSR count). The minimum atomic E-state index is -0.174. The second-order valence-corrected chi connectivity index (χ2v) is 7.20. The quantitative estimate of drug-likeness (QED) is 0.643. The van der Waals surface area contributed by atoms with Gasteiger partial charge in [-0.15, -0.1) is 0 Å². The number of hydrogen-bond acceptors (Lipinski definition) is 5. The van der Waals surface area contributed by atoms with Crippen molar-refractivity contribution in [2.24, 2.45) is 0 Å². The molecule has 1 aliphatic rings. The molecule has 2 amide bonds. The zero-order valence-electron chi connectivity index (χ0n) is 16.1. The Hall–Kier alpha value is -3.48. The van der Waals surface area contributed by atoms with E-state index in [1.54, 1.807) is 12.1 Å². The van der Waals surface area contributed by atoms with Gasteiger partial charge in [-0.3, -0.25) is 9.59 Å². The van der Waals surface area contributed by atoms with E-state index in [1.807, 2.05) is 43.3 Å². The summed E-state index contributed by atoms with van der Waals surface area (Å²) in [6.07, 6.45) is 2.60. The van der Waals surface area contributed by atoms with Gasteiger partial charge in [-0.25, -0.2) is 0 Å². The van der Waals surface area contributed by atoms with Crippen LogP contribution in [0.15, 0.2) is 53.1 Å². The molecule has 0 spiro atoms. The van der Waals surface area contributed by atoms with Gasteiger partial charge in [-0.05, 0) is 37.5 Å². The molecule has 0 aliphatic heterocycles. The lowest BCUT2D eigenvalue weighted by molar-refractivity contribution is -0.116. The van der Waals surface area contributed by atoms with Gasteiger partial charge in [0.15, 0.2) is 0 Å². The molecule has 1 saturated carbocycles. The Morgan fingerprint density at radius 1 is 1.14 bits per heavy atom. The lowest BCUT2D eigenvalue weighted by Crippen LogP contribution is -2.25. The summed E-state index contributed by atoms with van der Waals surface area (Å²) in [6.45, 7) is 1.89. The van der Waals surface area contributed by atoms with E-state index in [-0.39, 0.29) is 24.3 Å². The minimum absolute atomic E-state index is 0.109. The van der Waals surface area contributed by atoms with E-state index in [4.69, 9.17) is 4.52 Å². The van der Waals surface area contributed by atoms with Crippen molar-refractivity contribution in [2.75, 3.05) is 5.32 Å². The van der Waals surface area contributed by atoms with Crippen molar-refractivity contribution >= 4 is 17.5 Å². The fourth-order valence-corrected chi connectivity index (χ4v) is 2.89. The predicted molar refractivity (Wildman–Crippen MR) is 108 cm³/mol. The molecular weight excluding hydrogens is 368 g/mol. The Bertz CT molecular complexity index is 1030. The largest absolute Gasteiger partial charge is 0.349 e. The monoisotopic (exact) mass is 390 g/mol. The zero-order chi connectivity index (χ0) is 20.2. The van der Waals surface area contributed by atoms with Crippen LogP contribution in [0, 0.1) is 6.92 Å². The van der Waals surface area contributed by atoms with Crippen molar-refractivity contribution in [3.8, 4) is 11.4 Å². The summed E-state index contributed by atoms with van der Waals surface area (Å²) in [4.78, 5) is 28.9. The predicted octanol–water partition coefficient (Wildman–Crippen LogP) is 3.51. The molecule has 2 N–H and O–H groups in total. The van der Waals surface area contributed by atoms with Gasteiger partial charge in [0, 0.05) is 35.7 Å². The summed E-state index contributed by atoms with van der Waals surface area (Å²) in [5.74, 6) is 0.633. The fourth-order valence-electron chi connectivity index (χ4n) is 2.89. The second kappa shape index (κ2) is 8.26. The summed E-state index contributed by atoms with van der Waals surface area (Å²) < 4.78 is 5.24. The number of aromatic nitrogens is 2. The maximum absolute atomic E-state index is 12.4. The molecular formula is C22H22N4O3. The highest BCUT2D eigenvalue weighted by molar-refractivity contribution is 5.98. The van der Waals surface area contributed by atoms with Crippen LogP contribution < -0.4 is 10.6 Å². The third-order valence-electron chi connectivity index (χ3n) is 4.75. The number of rotatable bonds is 7. The van der Waals surface area contributed by atoms with Crippen molar-refractivity contribution in [3.63, 3.8) is 0 Å². The first kappa shape index (κ1) is 18.9. The van der Waals surface area contributed by atoms with Gasteiger partial charge >= 0.3 is 0 Å². The molecule has 1 heterocycles. The van der Waals surface area contributed by atoms with Crippen LogP contribution in [-0.2, 0) is 11.2 Å². The van der Waals surface area contributed by atoms with E-state index in [1.165, 1.54) is 0 Å². The van der Waals surface area contributed by atoms with Crippen molar-refractivity contribution in [2.45, 2.75) is 38.6 Å². The van der Waals surface area contributed by atoms with Crippen LogP contribution in [-0.4, -0.2) is 28.0 Å². The molecule has 0 bridgehead atoms. The Kier molecular flexibility index (Phi) is 5.37. The lowest BCUT2D eigenvalue weighted by atomic mass is 10.1. The van der Waals surface area contributed by atoms with E-state index >= 15 is 0 Å². The first-order valence-corrected chi connectivity index (χ1v) is 9.68. The van der Waals surface area contributed by atoms with Crippen molar-refractivity contribution < 1.29 is 14.1 Å². The standard InChI is InChI=1S/C22H22N4O3/c1-14-7-8-16(22(28)23-17-9-10-17)13-18(14)24-19(27)11-12-20-25-21(26-29-20)15-5-3-2-4-6-15/h2-8,13,17H,9-12H2,1H3,(H,23,28)(H,24,27). The van der Waals surface area contributed by atoms with Gasteiger partial charge in [-0.1, -0.05) is 41.6 Å². The highest BCUT2D eigenvalue weighted by Gasteiger charge is 2.24. The smallest absolute Gasteiger partial charge is 0.251 e. The van der Waals surface area contributed by atoms with Crippen LogP contribution in [0.3, 0.4) is 0 Å². The molecule has 1 aromatic heterocycles. The van der Waals surface area contributed by atoms with Crippen LogP contribution >= 0.6 is 0 Å². The first-order valence-electron chi connectivity index (χ1n) is 9.68. The SMILES string of the molecule is Cc1ccc(C(=O)NC2CC2)cc1NC(=O)CCc1nc(-c2ccccc2)no1. The van der Waals surface area contributed by atoms with Gasteiger partial charge in [0.25, 0.3) is 5.91 Å². The maximum Gasteiger partial charge on any atom is 0.251 e. The molecule has 1 aliphatic carbocycles. The summed E-state index contributed by atoms with van der Waals surface area (Å²) >= 11 is 0. The highest BCUT2D eigenvalue weighted by atomic mass is 16.5. The molecule has 3 aromatic rings. The van der Waals surface area contributed by atoms with Crippen LogP contribution in [0.4, 0.5) is 5.69 Å². The lowest BCUT2D eigenvalue weighted by Gasteiger charge is -2.10. The van der Waals surface area contributed by atoms with E-state index in [9.17, 15) is 9.59 Å². The van der Waals surface area contributed by atoms with Gasteiger partial charge in [0.05, 0.1) is 0 Å². The maximum atomic E-state index is 12.4. The molecule has 0 radical (unpaired) electrons. The fraction of sp³-hybridized carbons (Fsp3) is 0.273. The average Bonchev–Trinajstić information content (AvgIpc) is 3.41. The van der Waals surface area contributed by atoms with Crippen LogP contribution in [0.5, 0.6) is 0 Å². The molecule has 0 atom stereocenters. The normalized spacial score (nSPS) is 13.1. The van der Waals surface area contributed by atoms with Gasteiger partial charge in [-0.2, -0.15) is 4.98 Å². The molecule has 7 nitrogen and oxygen atoms in total. The number of carbonyl (C=O) groups excluding carboxylic acids is 2. The molecule has 0 unspecified atom stereocenters. The average molecular weight is 390 g/mol. The third-order valence-corrected chi connectivity index (χ3v) is 4.75. The Balaban J connectivity index is 1.35.